The highest BCUT2D eigenvalue weighted by molar-refractivity contribution is 9.10. The van der Waals surface area contributed by atoms with Crippen LogP contribution in [-0.2, 0) is 4.74 Å². The number of benzene rings is 2. The minimum absolute atomic E-state index is 0.00487. The summed E-state index contributed by atoms with van der Waals surface area (Å²) < 4.78 is 12.9. The lowest BCUT2D eigenvalue weighted by Gasteiger charge is -2.06. The van der Waals surface area contributed by atoms with E-state index < -0.39 is 5.97 Å². The van der Waals surface area contributed by atoms with Gasteiger partial charge in [-0.05, 0) is 46.8 Å². The van der Waals surface area contributed by atoms with Crippen LogP contribution in [0.25, 0.3) is 5.69 Å². The van der Waals surface area contributed by atoms with Crippen molar-refractivity contribution in [3.05, 3.63) is 58.6 Å². The van der Waals surface area contributed by atoms with E-state index in [-0.39, 0.29) is 6.61 Å². The number of hydrogen-bond acceptors (Lipinski definition) is 7. The second kappa shape index (κ2) is 9.92. The highest BCUT2D eigenvalue weighted by Gasteiger charge is 2.12. The number of carbonyl (C=O) groups is 1. The smallest absolute Gasteiger partial charge is 0.342 e. The zero-order valence-electron chi connectivity index (χ0n) is 14.8. The van der Waals surface area contributed by atoms with Gasteiger partial charge >= 0.3 is 5.97 Å². The molecule has 3 aromatic rings. The molecule has 0 aliphatic carbocycles. The highest BCUT2D eigenvalue weighted by atomic mass is 79.9. The van der Waals surface area contributed by atoms with Crippen LogP contribution in [0.3, 0.4) is 0 Å². The Labute approximate surface area is 174 Å². The molecule has 0 aliphatic rings. The molecule has 0 aliphatic heterocycles. The number of nitrogens with zero attached hydrogens (tertiary/aromatic N) is 4. The largest absolute Gasteiger partial charge is 0.496 e. The molecule has 7 nitrogen and oxygen atoms in total. The zero-order chi connectivity index (χ0) is 19.8. The summed E-state index contributed by atoms with van der Waals surface area (Å²) in [5.41, 5.74) is 1.23. The molecule has 0 saturated carbocycles. The van der Waals surface area contributed by atoms with Gasteiger partial charge in [0.1, 0.15) is 11.3 Å². The van der Waals surface area contributed by atoms with Crippen molar-refractivity contribution in [2.24, 2.45) is 0 Å². The molecule has 1 heterocycles. The number of aromatic nitrogens is 4. The lowest BCUT2D eigenvalue weighted by Crippen LogP contribution is -2.07. The summed E-state index contributed by atoms with van der Waals surface area (Å²) in [5, 5.41) is 12.3. The summed E-state index contributed by atoms with van der Waals surface area (Å²) in [6.45, 7) is -0.00487. The number of thioether (sulfide) groups is 1. The van der Waals surface area contributed by atoms with E-state index in [1.54, 1.807) is 28.9 Å². The van der Waals surface area contributed by atoms with E-state index >= 15 is 0 Å². The number of esters is 1. The minimum atomic E-state index is -0.474. The molecule has 3 rings (SSSR count). The lowest BCUT2D eigenvalue weighted by molar-refractivity contribution is 0.0553. The first kappa shape index (κ1) is 19.9. The van der Waals surface area contributed by atoms with Crippen molar-refractivity contribution >= 4 is 33.7 Å². The van der Waals surface area contributed by atoms with E-state index in [0.29, 0.717) is 22.2 Å². The molecule has 9 heteroatoms. The van der Waals surface area contributed by atoms with Crippen LogP contribution in [0.1, 0.15) is 10.4 Å². The maximum atomic E-state index is 12.1. The molecule has 2 aromatic carbocycles. The van der Waals surface area contributed by atoms with Crippen LogP contribution >= 0.6 is 27.7 Å². The van der Waals surface area contributed by atoms with E-state index in [1.807, 2.05) is 24.3 Å². The van der Waals surface area contributed by atoms with Crippen LogP contribution < -0.4 is 4.74 Å². The summed E-state index contributed by atoms with van der Waals surface area (Å²) >= 11 is 4.79. The Bertz CT molecular complexity index is 1010. The van der Waals surface area contributed by atoms with Crippen LogP contribution in [0.15, 0.2) is 58.2 Å². The first-order chi connectivity index (χ1) is 13.7. The summed E-state index contributed by atoms with van der Waals surface area (Å²) in [5.74, 6) is 6.21. The molecule has 0 saturated heterocycles. The quantitative estimate of drug-likeness (QED) is 0.318. The first-order valence-electron chi connectivity index (χ1n) is 8.12. The molecule has 142 valence electrons. The van der Waals surface area contributed by atoms with Gasteiger partial charge in [0.25, 0.3) is 0 Å². The molecule has 0 N–H and O–H groups in total. The number of methoxy groups -OCH3 is 1. The molecule has 0 spiro atoms. The van der Waals surface area contributed by atoms with Gasteiger partial charge < -0.3 is 9.47 Å². The van der Waals surface area contributed by atoms with Crippen molar-refractivity contribution in [2.45, 2.75) is 5.16 Å². The van der Waals surface area contributed by atoms with Gasteiger partial charge in [0.2, 0.25) is 5.16 Å². The van der Waals surface area contributed by atoms with Crippen LogP contribution in [0, 0.1) is 11.8 Å². The number of rotatable bonds is 6. The highest BCUT2D eigenvalue weighted by Crippen LogP contribution is 2.20. The van der Waals surface area contributed by atoms with Crippen molar-refractivity contribution in [1.82, 2.24) is 20.2 Å². The van der Waals surface area contributed by atoms with Gasteiger partial charge in [-0.1, -0.05) is 51.7 Å². The van der Waals surface area contributed by atoms with E-state index in [1.165, 1.54) is 18.9 Å². The number of ether oxygens (including phenoxy) is 2. The van der Waals surface area contributed by atoms with E-state index in [4.69, 9.17) is 9.47 Å². The van der Waals surface area contributed by atoms with E-state index in [2.05, 4.69) is 43.3 Å². The fourth-order valence-corrected chi connectivity index (χ4v) is 3.13. The molecule has 0 atom stereocenters. The van der Waals surface area contributed by atoms with E-state index in [0.717, 1.165) is 10.2 Å². The average molecular weight is 459 g/mol. The lowest BCUT2D eigenvalue weighted by atomic mass is 10.2. The predicted molar refractivity (Wildman–Crippen MR) is 109 cm³/mol. The number of para-hydroxylation sites is 1. The van der Waals surface area contributed by atoms with Gasteiger partial charge in [0.15, 0.2) is 6.61 Å². The second-order valence-corrected chi connectivity index (χ2v) is 7.13. The maximum absolute atomic E-state index is 12.1. The predicted octanol–water partition coefficient (Wildman–Crippen LogP) is 3.39. The fraction of sp³-hybridized carbons (Fsp3) is 0.158. The molecule has 28 heavy (non-hydrogen) atoms. The Morgan fingerprint density at radius 1 is 1.18 bits per heavy atom. The monoisotopic (exact) mass is 458 g/mol. The van der Waals surface area contributed by atoms with Crippen LogP contribution in [-0.4, -0.2) is 45.6 Å². The number of halogens is 1. The van der Waals surface area contributed by atoms with Gasteiger partial charge in [-0.2, -0.15) is 4.68 Å². The average Bonchev–Trinajstić information content (AvgIpc) is 3.19. The molecular weight excluding hydrogens is 444 g/mol. The SMILES string of the molecule is COc1ccccc1C(=O)OCC#CCSc1nnnn1-c1ccc(Br)cc1. The van der Waals surface area contributed by atoms with Crippen LogP contribution in [0.2, 0.25) is 0 Å². The molecule has 0 bridgehead atoms. The first-order valence-corrected chi connectivity index (χ1v) is 9.90. The Morgan fingerprint density at radius 2 is 1.96 bits per heavy atom. The summed E-state index contributed by atoms with van der Waals surface area (Å²) in [4.78, 5) is 12.1. The normalized spacial score (nSPS) is 10.1. The topological polar surface area (TPSA) is 79.1 Å². The molecular formula is C19H15BrN4O3S. The maximum Gasteiger partial charge on any atom is 0.342 e. The summed E-state index contributed by atoms with van der Waals surface area (Å²) in [6.07, 6.45) is 0. The van der Waals surface area contributed by atoms with Crippen molar-refractivity contribution in [1.29, 1.82) is 0 Å². The Morgan fingerprint density at radius 3 is 2.75 bits per heavy atom. The van der Waals surface area contributed by atoms with Crippen molar-refractivity contribution in [2.75, 3.05) is 19.5 Å². The van der Waals surface area contributed by atoms with Gasteiger partial charge in [-0.25, -0.2) is 4.79 Å². The molecule has 0 amide bonds. The Kier molecular flexibility index (Phi) is 7.06. The van der Waals surface area contributed by atoms with Gasteiger partial charge in [0.05, 0.1) is 18.6 Å². The molecule has 1 aromatic heterocycles. The third kappa shape index (κ3) is 5.12. The summed E-state index contributed by atoms with van der Waals surface area (Å²) in [6, 6.07) is 14.5. The fourth-order valence-electron chi connectivity index (χ4n) is 2.21. The van der Waals surface area contributed by atoms with E-state index in [9.17, 15) is 4.79 Å². The van der Waals surface area contributed by atoms with Crippen molar-refractivity contribution in [3.8, 4) is 23.3 Å². The zero-order valence-corrected chi connectivity index (χ0v) is 17.2. The standard InChI is InChI=1S/C19H15BrN4O3S/c1-26-17-7-3-2-6-16(17)18(25)27-12-4-5-13-28-19-21-22-23-24(19)15-10-8-14(20)9-11-15/h2-3,6-11H,12-13H2,1H3. The number of carbonyl (C=O) groups excluding carboxylic acids is 1. The van der Waals surface area contributed by atoms with Gasteiger partial charge in [-0.15, -0.1) is 5.10 Å². The molecule has 0 unspecified atom stereocenters. The molecule has 0 radical (unpaired) electrons. The number of tetrazole rings is 1. The van der Waals surface area contributed by atoms with Crippen LogP contribution in [0.5, 0.6) is 5.75 Å². The third-order valence-corrected chi connectivity index (χ3v) is 4.84. The number of hydrogen-bond donors (Lipinski definition) is 0. The van der Waals surface area contributed by atoms with Crippen molar-refractivity contribution < 1.29 is 14.3 Å². The van der Waals surface area contributed by atoms with Crippen molar-refractivity contribution in [3.63, 3.8) is 0 Å². The summed E-state index contributed by atoms with van der Waals surface area (Å²) in [7, 11) is 1.50. The van der Waals surface area contributed by atoms with Gasteiger partial charge in [0, 0.05) is 4.47 Å². The second-order valence-electron chi connectivity index (χ2n) is 5.27. The minimum Gasteiger partial charge on any atom is -0.496 e. The third-order valence-electron chi connectivity index (χ3n) is 3.51. The molecule has 0 fully saturated rings. The van der Waals surface area contributed by atoms with Crippen LogP contribution in [0.4, 0.5) is 0 Å². The Balaban J connectivity index is 1.51. The van der Waals surface area contributed by atoms with Gasteiger partial charge in [-0.3, -0.25) is 0 Å². The Hall–Kier alpha value is -2.83.